The third-order valence-electron chi connectivity index (χ3n) is 6.09. The van der Waals surface area contributed by atoms with Crippen molar-refractivity contribution in [3.05, 3.63) is 59.5 Å². The predicted molar refractivity (Wildman–Crippen MR) is 115 cm³/mol. The van der Waals surface area contributed by atoms with Crippen molar-refractivity contribution in [3.63, 3.8) is 0 Å². The summed E-state index contributed by atoms with van der Waals surface area (Å²) >= 11 is 0. The number of nitrogens with zero attached hydrogens (tertiary/aromatic N) is 2. The molecule has 1 saturated carbocycles. The molecule has 5 heteroatoms. The second-order valence-electron chi connectivity index (χ2n) is 8.34. The van der Waals surface area contributed by atoms with Gasteiger partial charge in [-0.3, -0.25) is 9.69 Å². The molecule has 2 aliphatic rings. The maximum absolute atomic E-state index is 12.5. The Kier molecular flexibility index (Phi) is 6.78. The molecule has 1 aliphatic heterocycles. The topological polar surface area (TPSA) is 58.4 Å². The molecular formula is C24H31N3O2. The van der Waals surface area contributed by atoms with Crippen molar-refractivity contribution in [2.24, 2.45) is 0 Å². The van der Waals surface area contributed by atoms with Gasteiger partial charge in [-0.05, 0) is 37.8 Å². The lowest BCUT2D eigenvalue weighted by Gasteiger charge is -2.30. The Balaban J connectivity index is 1.30. The molecule has 1 amide bonds. The van der Waals surface area contributed by atoms with Gasteiger partial charge < -0.3 is 9.84 Å². The highest BCUT2D eigenvalue weighted by Crippen LogP contribution is 2.27. The van der Waals surface area contributed by atoms with Crippen LogP contribution in [0.3, 0.4) is 0 Å². The molecule has 0 spiro atoms. The summed E-state index contributed by atoms with van der Waals surface area (Å²) in [7, 11) is 0. The third kappa shape index (κ3) is 5.57. The highest BCUT2D eigenvalue weighted by molar-refractivity contribution is 5.91. The number of carbonyl (C=O) groups is 1. The second-order valence-corrected chi connectivity index (χ2v) is 8.34. The van der Waals surface area contributed by atoms with Gasteiger partial charge in [0, 0.05) is 31.1 Å². The Labute approximate surface area is 173 Å². The molecular weight excluding hydrogens is 362 g/mol. The number of carbonyl (C=O) groups excluding carboxylic acids is 1. The minimum absolute atomic E-state index is 0.117. The van der Waals surface area contributed by atoms with Crippen molar-refractivity contribution in [2.45, 2.75) is 56.9 Å². The van der Waals surface area contributed by atoms with E-state index in [0.717, 1.165) is 51.0 Å². The van der Waals surface area contributed by atoms with Crippen LogP contribution in [0, 0.1) is 0 Å². The average Bonchev–Trinajstić information content (AvgIpc) is 3.26. The summed E-state index contributed by atoms with van der Waals surface area (Å²) in [6.07, 6.45) is 12.4. The van der Waals surface area contributed by atoms with Crippen LogP contribution in [0.1, 0.15) is 72.7 Å². The Morgan fingerprint density at radius 2 is 1.97 bits per heavy atom. The van der Waals surface area contributed by atoms with Crippen molar-refractivity contribution in [1.29, 1.82) is 0 Å². The highest BCUT2D eigenvalue weighted by atomic mass is 16.5. The lowest BCUT2D eigenvalue weighted by Crippen LogP contribution is -2.36. The van der Waals surface area contributed by atoms with Gasteiger partial charge in [-0.2, -0.15) is 0 Å². The summed E-state index contributed by atoms with van der Waals surface area (Å²) in [4.78, 5) is 14.9. The first kappa shape index (κ1) is 19.9. The molecule has 154 valence electrons. The highest BCUT2D eigenvalue weighted by Gasteiger charge is 2.26. The Bertz CT molecular complexity index is 809. The number of amides is 1. The average molecular weight is 394 g/mol. The molecule has 2 fully saturated rings. The van der Waals surface area contributed by atoms with Crippen LogP contribution in [-0.4, -0.2) is 41.6 Å². The molecule has 1 aromatic carbocycles. The third-order valence-corrected chi connectivity index (χ3v) is 6.09. The van der Waals surface area contributed by atoms with E-state index in [4.69, 9.17) is 4.52 Å². The fourth-order valence-electron chi connectivity index (χ4n) is 4.46. The van der Waals surface area contributed by atoms with Crippen LogP contribution >= 0.6 is 0 Å². The van der Waals surface area contributed by atoms with E-state index in [-0.39, 0.29) is 11.9 Å². The van der Waals surface area contributed by atoms with Crippen LogP contribution in [0.5, 0.6) is 0 Å². The number of likely N-dealkylation sites (tertiary alicyclic amines) is 1. The molecule has 1 N–H and O–H groups in total. The number of piperidine rings is 1. The van der Waals surface area contributed by atoms with Gasteiger partial charge in [-0.25, -0.2) is 0 Å². The normalized spacial score (nSPS) is 21.4. The fraction of sp³-hybridized carbons (Fsp3) is 0.500. The largest absolute Gasteiger partial charge is 0.351 e. The Morgan fingerprint density at radius 1 is 1.14 bits per heavy atom. The minimum Gasteiger partial charge on any atom is -0.351 e. The van der Waals surface area contributed by atoms with Gasteiger partial charge in [-0.1, -0.05) is 66.9 Å². The SMILES string of the molecule is O=C(NC1CCCCC1)c1cc(C2CCCN(C/C=C/c3ccccc3)C2)no1. The zero-order valence-electron chi connectivity index (χ0n) is 17.1. The van der Waals surface area contributed by atoms with Crippen LogP contribution in [0.15, 0.2) is 47.0 Å². The Morgan fingerprint density at radius 3 is 2.79 bits per heavy atom. The van der Waals surface area contributed by atoms with Gasteiger partial charge in [0.1, 0.15) is 0 Å². The van der Waals surface area contributed by atoms with Crippen molar-refractivity contribution < 1.29 is 9.32 Å². The Hall–Kier alpha value is -2.40. The number of hydrogen-bond acceptors (Lipinski definition) is 4. The zero-order chi connectivity index (χ0) is 19.9. The molecule has 29 heavy (non-hydrogen) atoms. The van der Waals surface area contributed by atoms with Crippen LogP contribution in [-0.2, 0) is 0 Å². The maximum Gasteiger partial charge on any atom is 0.290 e. The fourth-order valence-corrected chi connectivity index (χ4v) is 4.46. The molecule has 2 heterocycles. The quantitative estimate of drug-likeness (QED) is 0.777. The van der Waals surface area contributed by atoms with E-state index in [1.165, 1.54) is 24.8 Å². The van der Waals surface area contributed by atoms with Gasteiger partial charge >= 0.3 is 0 Å². The van der Waals surface area contributed by atoms with Crippen LogP contribution in [0.2, 0.25) is 0 Å². The summed E-state index contributed by atoms with van der Waals surface area (Å²) in [5, 5.41) is 7.35. The number of hydrogen-bond donors (Lipinski definition) is 1. The summed E-state index contributed by atoms with van der Waals surface area (Å²) in [5.41, 5.74) is 2.14. The lowest BCUT2D eigenvalue weighted by atomic mass is 9.94. The number of aromatic nitrogens is 1. The van der Waals surface area contributed by atoms with E-state index in [1.54, 1.807) is 0 Å². The van der Waals surface area contributed by atoms with E-state index in [9.17, 15) is 4.79 Å². The molecule has 1 aliphatic carbocycles. The first-order valence-electron chi connectivity index (χ1n) is 11.0. The maximum atomic E-state index is 12.5. The standard InChI is InChI=1S/C24H31N3O2/c28-24(25-21-13-5-2-6-14-21)23-17-22(26-29-23)20-12-8-16-27(18-20)15-7-11-19-9-3-1-4-10-19/h1,3-4,7,9-11,17,20-21H,2,5-6,8,12-16,18H2,(H,25,28)/b11-7+. The van der Waals surface area contributed by atoms with Crippen LogP contribution in [0.25, 0.3) is 6.08 Å². The molecule has 5 nitrogen and oxygen atoms in total. The molecule has 0 bridgehead atoms. The monoisotopic (exact) mass is 393 g/mol. The van der Waals surface area contributed by atoms with E-state index >= 15 is 0 Å². The molecule has 2 aromatic rings. The minimum atomic E-state index is -0.117. The van der Waals surface area contributed by atoms with Gasteiger partial charge in [0.25, 0.3) is 5.91 Å². The first-order valence-corrected chi connectivity index (χ1v) is 11.0. The van der Waals surface area contributed by atoms with Crippen molar-refractivity contribution in [2.75, 3.05) is 19.6 Å². The zero-order valence-corrected chi connectivity index (χ0v) is 17.1. The van der Waals surface area contributed by atoms with E-state index in [2.05, 4.69) is 51.8 Å². The molecule has 1 unspecified atom stereocenters. The molecule has 1 aromatic heterocycles. The number of benzene rings is 1. The lowest BCUT2D eigenvalue weighted by molar-refractivity contribution is 0.0890. The van der Waals surface area contributed by atoms with Gasteiger partial charge in [0.15, 0.2) is 0 Å². The smallest absolute Gasteiger partial charge is 0.290 e. The van der Waals surface area contributed by atoms with E-state index in [1.807, 2.05) is 12.1 Å². The molecule has 1 saturated heterocycles. The summed E-state index contributed by atoms with van der Waals surface area (Å²) in [5.74, 6) is 0.564. The summed E-state index contributed by atoms with van der Waals surface area (Å²) in [6.45, 7) is 2.98. The summed E-state index contributed by atoms with van der Waals surface area (Å²) < 4.78 is 5.40. The van der Waals surface area contributed by atoms with Crippen molar-refractivity contribution in [3.8, 4) is 0 Å². The molecule has 4 rings (SSSR count). The predicted octanol–water partition coefficient (Wildman–Crippen LogP) is 4.63. The number of nitrogens with one attached hydrogen (secondary N) is 1. The van der Waals surface area contributed by atoms with Crippen LogP contribution in [0.4, 0.5) is 0 Å². The van der Waals surface area contributed by atoms with E-state index < -0.39 is 0 Å². The summed E-state index contributed by atoms with van der Waals surface area (Å²) in [6, 6.07) is 12.5. The van der Waals surface area contributed by atoms with Gasteiger partial charge in [0.05, 0.1) is 5.69 Å². The molecule has 0 radical (unpaired) electrons. The first-order chi connectivity index (χ1) is 14.3. The van der Waals surface area contributed by atoms with Crippen molar-refractivity contribution in [1.82, 2.24) is 15.4 Å². The van der Waals surface area contributed by atoms with Crippen LogP contribution < -0.4 is 5.32 Å². The van der Waals surface area contributed by atoms with Gasteiger partial charge in [-0.15, -0.1) is 0 Å². The molecule has 1 atom stereocenters. The van der Waals surface area contributed by atoms with Crippen molar-refractivity contribution >= 4 is 12.0 Å². The second kappa shape index (κ2) is 9.88. The van der Waals surface area contributed by atoms with Gasteiger partial charge in [0.2, 0.25) is 5.76 Å². The van der Waals surface area contributed by atoms with E-state index in [0.29, 0.717) is 11.7 Å². The number of rotatable bonds is 6.